The fourth-order valence-electron chi connectivity index (χ4n) is 4.27. The van der Waals surface area contributed by atoms with Gasteiger partial charge in [0.25, 0.3) is 5.69 Å². The minimum Gasteiger partial charge on any atom is -0.420 e. The average molecular weight is 426 g/mol. The number of fused-ring (bicyclic) bond motifs is 2. The van der Waals surface area contributed by atoms with Gasteiger partial charge >= 0.3 is 0 Å². The van der Waals surface area contributed by atoms with E-state index in [9.17, 15) is 15.4 Å². The second-order valence-corrected chi connectivity index (χ2v) is 7.65. The summed E-state index contributed by atoms with van der Waals surface area (Å²) in [7, 11) is 0. The number of rotatable bonds is 4. The number of nitriles is 1. The number of aromatic amines is 1. The molecule has 9 heteroatoms. The lowest BCUT2D eigenvalue weighted by Crippen LogP contribution is -2.21. The Morgan fingerprint density at radius 2 is 2.03 bits per heavy atom. The lowest BCUT2D eigenvalue weighted by atomic mass is 9.84. The molecule has 0 bridgehead atoms. The first kappa shape index (κ1) is 19.4. The maximum absolute atomic E-state index is 11.0. The van der Waals surface area contributed by atoms with Crippen molar-refractivity contribution >= 4 is 16.6 Å². The molecule has 4 aromatic rings. The van der Waals surface area contributed by atoms with Crippen molar-refractivity contribution in [1.29, 1.82) is 5.26 Å². The topological polar surface area (TPSA) is 136 Å². The van der Waals surface area contributed by atoms with Gasteiger partial charge in [-0.3, -0.25) is 15.2 Å². The number of hydrogen-bond donors (Lipinski definition) is 2. The third-order valence-electron chi connectivity index (χ3n) is 5.76. The van der Waals surface area contributed by atoms with E-state index in [1.807, 2.05) is 37.4 Å². The third-order valence-corrected chi connectivity index (χ3v) is 5.76. The normalized spacial score (nSPS) is 15.3. The van der Waals surface area contributed by atoms with Crippen molar-refractivity contribution in [3.05, 3.63) is 98.7 Å². The highest BCUT2D eigenvalue weighted by Crippen LogP contribution is 2.45. The molecular weight excluding hydrogens is 408 g/mol. The summed E-state index contributed by atoms with van der Waals surface area (Å²) in [5.74, 6) is -0.00888. The number of aryl methyl sites for hydroxylation is 1. The summed E-state index contributed by atoms with van der Waals surface area (Å²) in [5.41, 5.74) is 10.9. The number of ether oxygens (including phenoxy) is 1. The Morgan fingerprint density at radius 3 is 2.75 bits per heavy atom. The van der Waals surface area contributed by atoms with Gasteiger partial charge in [-0.2, -0.15) is 5.26 Å². The largest absolute Gasteiger partial charge is 0.420 e. The summed E-state index contributed by atoms with van der Waals surface area (Å²) < 4.78 is 7.65. The van der Waals surface area contributed by atoms with Crippen LogP contribution in [0, 0.1) is 28.4 Å². The summed E-state index contributed by atoms with van der Waals surface area (Å²) in [4.78, 5) is 10.5. The Kier molecular flexibility index (Phi) is 4.41. The molecule has 0 amide bonds. The maximum atomic E-state index is 11.0. The summed E-state index contributed by atoms with van der Waals surface area (Å²) in [6, 6.07) is 16.6. The van der Waals surface area contributed by atoms with E-state index in [2.05, 4.69) is 20.8 Å². The van der Waals surface area contributed by atoms with Crippen molar-refractivity contribution in [1.82, 2.24) is 14.8 Å². The van der Waals surface area contributed by atoms with Crippen LogP contribution in [0.1, 0.15) is 28.3 Å². The Balaban J connectivity index is 1.66. The van der Waals surface area contributed by atoms with Gasteiger partial charge in [0.1, 0.15) is 11.6 Å². The molecule has 0 fully saturated rings. The summed E-state index contributed by atoms with van der Waals surface area (Å²) in [5, 5.41) is 28.9. The molecule has 3 heterocycles. The van der Waals surface area contributed by atoms with E-state index in [1.54, 1.807) is 12.1 Å². The number of hydrogen-bond acceptors (Lipinski definition) is 6. The quantitative estimate of drug-likeness (QED) is 0.376. The number of nitrogens with zero attached hydrogens (tertiary/aromatic N) is 4. The average Bonchev–Trinajstić information content (AvgIpc) is 3.34. The van der Waals surface area contributed by atoms with Crippen LogP contribution in [0.3, 0.4) is 0 Å². The molecule has 0 aliphatic carbocycles. The number of nitro benzene ring substituents is 1. The molecule has 1 atom stereocenters. The van der Waals surface area contributed by atoms with Crippen LogP contribution in [0.15, 0.2) is 66.2 Å². The first-order valence-electron chi connectivity index (χ1n) is 9.91. The monoisotopic (exact) mass is 426 g/mol. The highest BCUT2D eigenvalue weighted by atomic mass is 16.6. The minimum absolute atomic E-state index is 0.0451. The Labute approximate surface area is 182 Å². The number of aromatic nitrogens is 3. The number of benzene rings is 2. The first-order valence-corrected chi connectivity index (χ1v) is 9.91. The summed E-state index contributed by atoms with van der Waals surface area (Å²) in [6.45, 7) is 2.40. The molecule has 32 heavy (non-hydrogen) atoms. The van der Waals surface area contributed by atoms with Gasteiger partial charge in [-0.1, -0.05) is 30.3 Å². The number of non-ortho nitro benzene ring substituents is 1. The van der Waals surface area contributed by atoms with Crippen molar-refractivity contribution in [2.24, 2.45) is 5.73 Å². The van der Waals surface area contributed by atoms with Crippen LogP contribution in [-0.4, -0.2) is 19.7 Å². The number of nitrogens with one attached hydrogen (secondary N) is 1. The van der Waals surface area contributed by atoms with Crippen molar-refractivity contribution in [2.75, 3.05) is 0 Å². The van der Waals surface area contributed by atoms with Crippen LogP contribution in [0.25, 0.3) is 10.9 Å². The number of nitrogens with two attached hydrogens (primary N) is 1. The number of allylic oxidation sites excluding steroid dienone is 1. The van der Waals surface area contributed by atoms with E-state index in [0.717, 1.165) is 33.3 Å². The van der Waals surface area contributed by atoms with Gasteiger partial charge in [0.15, 0.2) is 0 Å². The molecule has 3 N–H and O–H groups in total. The zero-order valence-corrected chi connectivity index (χ0v) is 17.1. The van der Waals surface area contributed by atoms with Gasteiger partial charge in [0.2, 0.25) is 11.8 Å². The van der Waals surface area contributed by atoms with Crippen LogP contribution in [0.4, 0.5) is 5.69 Å². The van der Waals surface area contributed by atoms with Crippen molar-refractivity contribution in [2.45, 2.75) is 19.4 Å². The molecule has 0 radical (unpaired) electrons. The van der Waals surface area contributed by atoms with Gasteiger partial charge in [-0.25, -0.2) is 0 Å². The number of para-hydroxylation sites is 1. The Hall–Kier alpha value is -4.58. The standard InChI is InChI=1S/C23H18N6O3/c1-13-20-21(17(10-24)22(25)32-23(20)27-26-13)18-12-28(19-5-3-2-4-16(18)19)11-14-6-8-15(9-7-14)29(30)31/h2-9,12,21H,11,25H2,1H3,(H,26,27). The van der Waals surface area contributed by atoms with E-state index in [-0.39, 0.29) is 11.6 Å². The SMILES string of the molecule is Cc1[nH]nc2c1C(c1cn(Cc3ccc([N+](=O)[O-])cc3)c3ccccc13)C(C#N)=C(N)O2. The van der Waals surface area contributed by atoms with Crippen molar-refractivity contribution in [3.8, 4) is 11.9 Å². The second kappa shape index (κ2) is 7.28. The van der Waals surface area contributed by atoms with Crippen LogP contribution in [-0.2, 0) is 6.54 Å². The lowest BCUT2D eigenvalue weighted by molar-refractivity contribution is -0.384. The second-order valence-electron chi connectivity index (χ2n) is 7.65. The molecule has 1 unspecified atom stereocenters. The first-order chi connectivity index (χ1) is 15.5. The Morgan fingerprint density at radius 1 is 1.28 bits per heavy atom. The predicted molar refractivity (Wildman–Crippen MR) is 117 cm³/mol. The van der Waals surface area contributed by atoms with E-state index in [4.69, 9.17) is 10.5 Å². The van der Waals surface area contributed by atoms with Gasteiger partial charge in [0, 0.05) is 47.0 Å². The molecule has 5 rings (SSSR count). The van der Waals surface area contributed by atoms with Crippen LogP contribution in [0.5, 0.6) is 5.88 Å². The molecule has 2 aromatic heterocycles. The van der Waals surface area contributed by atoms with E-state index in [1.165, 1.54) is 12.1 Å². The highest BCUT2D eigenvalue weighted by molar-refractivity contribution is 5.86. The molecule has 0 saturated carbocycles. The molecule has 158 valence electrons. The van der Waals surface area contributed by atoms with Crippen LogP contribution in [0.2, 0.25) is 0 Å². The fraction of sp³-hybridized carbons (Fsp3) is 0.130. The van der Waals surface area contributed by atoms with Crippen LogP contribution >= 0.6 is 0 Å². The van der Waals surface area contributed by atoms with Gasteiger partial charge in [-0.15, -0.1) is 5.10 Å². The van der Waals surface area contributed by atoms with E-state index >= 15 is 0 Å². The van der Waals surface area contributed by atoms with Gasteiger partial charge in [0.05, 0.1) is 10.8 Å². The Bertz CT molecular complexity index is 1440. The predicted octanol–water partition coefficient (Wildman–Crippen LogP) is 3.85. The van der Waals surface area contributed by atoms with Crippen LogP contribution < -0.4 is 10.5 Å². The fourth-order valence-corrected chi connectivity index (χ4v) is 4.27. The molecule has 9 nitrogen and oxygen atoms in total. The third kappa shape index (κ3) is 2.97. The molecule has 1 aliphatic heterocycles. The smallest absolute Gasteiger partial charge is 0.269 e. The van der Waals surface area contributed by atoms with E-state index < -0.39 is 10.8 Å². The molecule has 2 aromatic carbocycles. The number of H-pyrrole nitrogens is 1. The zero-order chi connectivity index (χ0) is 22.4. The maximum Gasteiger partial charge on any atom is 0.269 e. The molecule has 0 spiro atoms. The molecule has 1 aliphatic rings. The van der Waals surface area contributed by atoms with Gasteiger partial charge in [-0.05, 0) is 24.1 Å². The zero-order valence-electron chi connectivity index (χ0n) is 17.1. The molecular formula is C23H18N6O3. The number of nitro groups is 1. The summed E-state index contributed by atoms with van der Waals surface area (Å²) in [6.07, 6.45) is 2.00. The van der Waals surface area contributed by atoms with Gasteiger partial charge < -0.3 is 15.0 Å². The van der Waals surface area contributed by atoms with Crippen molar-refractivity contribution < 1.29 is 9.66 Å². The molecule has 0 saturated heterocycles. The van der Waals surface area contributed by atoms with E-state index in [0.29, 0.717) is 18.0 Å². The minimum atomic E-state index is -0.425. The summed E-state index contributed by atoms with van der Waals surface area (Å²) >= 11 is 0. The lowest BCUT2D eigenvalue weighted by Gasteiger charge is -2.23. The van der Waals surface area contributed by atoms with Crippen molar-refractivity contribution in [3.63, 3.8) is 0 Å². The highest BCUT2D eigenvalue weighted by Gasteiger charge is 2.35.